The zero-order valence-electron chi connectivity index (χ0n) is 12.4. The fourth-order valence-corrected chi connectivity index (χ4v) is 1.60. The largest absolute Gasteiger partial charge is 0.351 e. The second kappa shape index (κ2) is 7.50. The van der Waals surface area contributed by atoms with Gasteiger partial charge in [-0.3, -0.25) is 9.48 Å². The smallest absolute Gasteiger partial charge is 0.269 e. The summed E-state index contributed by atoms with van der Waals surface area (Å²) in [5.41, 5.74) is 1.51. The topological polar surface area (TPSA) is 58.9 Å². The van der Waals surface area contributed by atoms with E-state index in [4.69, 9.17) is 0 Å². The molecule has 1 heterocycles. The molecule has 1 aromatic heterocycles. The predicted octanol–water partition coefficient (Wildman–Crippen LogP) is 1.48. The number of rotatable bonds is 5. The van der Waals surface area contributed by atoms with Crippen LogP contribution in [0, 0.1) is 0 Å². The van der Waals surface area contributed by atoms with Crippen molar-refractivity contribution in [3.8, 4) is 0 Å². The molecule has 0 aliphatic rings. The molecule has 0 atom stereocenters. The first-order chi connectivity index (χ1) is 8.36. The van der Waals surface area contributed by atoms with Gasteiger partial charge in [-0.15, -0.1) is 12.4 Å². The van der Waals surface area contributed by atoms with Crippen molar-refractivity contribution in [2.24, 2.45) is 7.05 Å². The number of nitrogens with zero attached hydrogens (tertiary/aromatic N) is 2. The van der Waals surface area contributed by atoms with Gasteiger partial charge in [0.25, 0.3) is 5.91 Å². The Morgan fingerprint density at radius 1 is 1.37 bits per heavy atom. The van der Waals surface area contributed by atoms with Crippen LogP contribution in [0.4, 0.5) is 0 Å². The molecule has 0 saturated heterocycles. The molecule has 6 heteroatoms. The highest BCUT2D eigenvalue weighted by atomic mass is 35.5. The quantitative estimate of drug-likeness (QED) is 0.807. The van der Waals surface area contributed by atoms with E-state index in [0.717, 1.165) is 18.7 Å². The summed E-state index contributed by atoms with van der Waals surface area (Å²) >= 11 is 0. The fourth-order valence-electron chi connectivity index (χ4n) is 1.60. The van der Waals surface area contributed by atoms with Gasteiger partial charge in [-0.2, -0.15) is 5.10 Å². The Labute approximate surface area is 121 Å². The number of hydrogen-bond acceptors (Lipinski definition) is 3. The van der Waals surface area contributed by atoms with Crippen LogP contribution in [0.25, 0.3) is 0 Å². The first-order valence-electron chi connectivity index (χ1n) is 6.33. The zero-order chi connectivity index (χ0) is 13.8. The highest BCUT2D eigenvalue weighted by molar-refractivity contribution is 5.92. The van der Waals surface area contributed by atoms with Crippen molar-refractivity contribution in [1.82, 2.24) is 20.4 Å². The number of halogens is 1. The number of nitrogens with one attached hydrogen (secondary N) is 2. The lowest BCUT2D eigenvalue weighted by molar-refractivity contribution is 0.0944. The average molecular weight is 289 g/mol. The molecule has 0 unspecified atom stereocenters. The van der Waals surface area contributed by atoms with Crippen molar-refractivity contribution in [3.05, 3.63) is 17.5 Å². The van der Waals surface area contributed by atoms with Crippen molar-refractivity contribution < 1.29 is 4.79 Å². The van der Waals surface area contributed by atoms with Gasteiger partial charge in [0.1, 0.15) is 5.69 Å². The Hall–Kier alpha value is -1.07. The minimum Gasteiger partial charge on any atom is -0.351 e. The highest BCUT2D eigenvalue weighted by Gasteiger charge is 2.21. The van der Waals surface area contributed by atoms with E-state index in [9.17, 15) is 4.79 Å². The summed E-state index contributed by atoms with van der Waals surface area (Å²) in [4.78, 5) is 12.0. The number of aryl methyl sites for hydroxylation is 1. The van der Waals surface area contributed by atoms with Gasteiger partial charge < -0.3 is 10.6 Å². The van der Waals surface area contributed by atoms with Crippen LogP contribution in [-0.4, -0.2) is 35.8 Å². The van der Waals surface area contributed by atoms with Crippen molar-refractivity contribution in [1.29, 1.82) is 0 Å². The molecule has 0 aromatic carbocycles. The maximum atomic E-state index is 12.0. The summed E-state index contributed by atoms with van der Waals surface area (Å²) in [6.45, 7) is 7.84. The number of carbonyl (C=O) groups is 1. The third-order valence-electron chi connectivity index (χ3n) is 2.77. The molecule has 0 saturated carbocycles. The molecular weight excluding hydrogens is 264 g/mol. The van der Waals surface area contributed by atoms with Gasteiger partial charge in [0.05, 0.1) is 5.69 Å². The second-order valence-electron chi connectivity index (χ2n) is 5.50. The molecule has 0 fully saturated rings. The molecule has 1 amide bonds. The van der Waals surface area contributed by atoms with Crippen LogP contribution in [-0.2, 0) is 12.5 Å². The molecule has 0 aliphatic heterocycles. The van der Waals surface area contributed by atoms with Gasteiger partial charge in [0, 0.05) is 19.0 Å². The van der Waals surface area contributed by atoms with Gasteiger partial charge in [0.2, 0.25) is 0 Å². The van der Waals surface area contributed by atoms with E-state index >= 15 is 0 Å². The van der Waals surface area contributed by atoms with Crippen LogP contribution >= 0.6 is 12.4 Å². The Kier molecular flexibility index (Phi) is 7.08. The highest BCUT2D eigenvalue weighted by Crippen LogP contribution is 2.21. The molecular formula is C13H25ClN4O. The normalized spacial score (nSPS) is 11.0. The maximum Gasteiger partial charge on any atom is 0.269 e. The number of hydrogen-bond donors (Lipinski definition) is 2. The summed E-state index contributed by atoms with van der Waals surface area (Å²) in [6.07, 6.45) is 0.923. The lowest BCUT2D eigenvalue weighted by atomic mass is 9.92. The van der Waals surface area contributed by atoms with Crippen LogP contribution in [0.2, 0.25) is 0 Å². The number of aromatic nitrogens is 2. The Balaban J connectivity index is 0.00000324. The third-order valence-corrected chi connectivity index (χ3v) is 2.77. The molecule has 0 radical (unpaired) electrons. The van der Waals surface area contributed by atoms with E-state index in [1.54, 1.807) is 11.7 Å². The van der Waals surface area contributed by atoms with E-state index in [0.29, 0.717) is 12.2 Å². The molecule has 1 rings (SSSR count). The Morgan fingerprint density at radius 2 is 2.00 bits per heavy atom. The molecule has 110 valence electrons. The standard InChI is InChI=1S/C13H24N4O.ClH/c1-13(2,3)11-9-10(17(5)16-11)12(18)15-8-6-7-14-4;/h9,14H,6-8H2,1-5H3,(H,15,18);1H. The van der Waals surface area contributed by atoms with Gasteiger partial charge in [0.15, 0.2) is 0 Å². The first-order valence-corrected chi connectivity index (χ1v) is 6.33. The zero-order valence-corrected chi connectivity index (χ0v) is 13.2. The maximum absolute atomic E-state index is 12.0. The summed E-state index contributed by atoms with van der Waals surface area (Å²) in [6, 6.07) is 1.87. The van der Waals surface area contributed by atoms with E-state index in [1.165, 1.54) is 0 Å². The average Bonchev–Trinajstić information content (AvgIpc) is 2.66. The molecule has 5 nitrogen and oxygen atoms in total. The van der Waals surface area contributed by atoms with Crippen molar-refractivity contribution >= 4 is 18.3 Å². The van der Waals surface area contributed by atoms with Crippen molar-refractivity contribution in [2.45, 2.75) is 32.6 Å². The summed E-state index contributed by atoms with van der Waals surface area (Å²) in [7, 11) is 3.70. The van der Waals surface area contributed by atoms with Gasteiger partial charge >= 0.3 is 0 Å². The van der Waals surface area contributed by atoms with Crippen LogP contribution < -0.4 is 10.6 Å². The number of amides is 1. The van der Waals surface area contributed by atoms with E-state index in [1.807, 2.05) is 13.1 Å². The van der Waals surface area contributed by atoms with Gasteiger partial charge in [-0.25, -0.2) is 0 Å². The van der Waals surface area contributed by atoms with Crippen LogP contribution in [0.1, 0.15) is 43.4 Å². The molecule has 19 heavy (non-hydrogen) atoms. The lowest BCUT2D eigenvalue weighted by Gasteiger charge is -2.13. The van der Waals surface area contributed by atoms with Crippen LogP contribution in [0.3, 0.4) is 0 Å². The second-order valence-corrected chi connectivity index (χ2v) is 5.50. The molecule has 1 aromatic rings. The first kappa shape index (κ1) is 17.9. The summed E-state index contributed by atoms with van der Waals surface area (Å²) in [5, 5.41) is 10.3. The third kappa shape index (κ3) is 5.20. The van der Waals surface area contributed by atoms with Crippen LogP contribution in [0.5, 0.6) is 0 Å². The lowest BCUT2D eigenvalue weighted by Crippen LogP contribution is -2.28. The minimum atomic E-state index is -0.0587. The van der Waals surface area contributed by atoms with E-state index in [-0.39, 0.29) is 23.7 Å². The van der Waals surface area contributed by atoms with Crippen molar-refractivity contribution in [3.63, 3.8) is 0 Å². The Morgan fingerprint density at radius 3 is 2.47 bits per heavy atom. The summed E-state index contributed by atoms with van der Waals surface area (Å²) in [5.74, 6) is -0.0587. The molecule has 0 aliphatic carbocycles. The van der Waals surface area contributed by atoms with Crippen molar-refractivity contribution in [2.75, 3.05) is 20.1 Å². The van der Waals surface area contributed by atoms with Gasteiger partial charge in [-0.05, 0) is 26.1 Å². The Bertz CT molecular complexity index is 409. The number of carbonyl (C=O) groups excluding carboxylic acids is 1. The van der Waals surface area contributed by atoms with E-state index in [2.05, 4.69) is 36.5 Å². The molecule has 0 spiro atoms. The SMILES string of the molecule is CNCCCNC(=O)c1cc(C(C)(C)C)nn1C.Cl. The monoisotopic (exact) mass is 288 g/mol. The van der Waals surface area contributed by atoms with E-state index < -0.39 is 0 Å². The molecule has 2 N–H and O–H groups in total. The van der Waals surface area contributed by atoms with Crippen LogP contribution in [0.15, 0.2) is 6.07 Å². The minimum absolute atomic E-state index is 0. The van der Waals surface area contributed by atoms with Gasteiger partial charge in [-0.1, -0.05) is 20.8 Å². The fraction of sp³-hybridized carbons (Fsp3) is 0.692. The molecule has 0 bridgehead atoms. The summed E-state index contributed by atoms with van der Waals surface area (Å²) < 4.78 is 1.65. The predicted molar refractivity (Wildman–Crippen MR) is 80.0 cm³/mol.